The van der Waals surface area contributed by atoms with Gasteiger partial charge in [0, 0.05) is 23.7 Å². The van der Waals surface area contributed by atoms with Gasteiger partial charge in [0.1, 0.15) is 5.84 Å². The highest BCUT2D eigenvalue weighted by molar-refractivity contribution is 6.04. The van der Waals surface area contributed by atoms with E-state index in [0.29, 0.717) is 11.5 Å². The molecule has 21 heavy (non-hydrogen) atoms. The van der Waals surface area contributed by atoms with Crippen molar-refractivity contribution in [3.8, 4) is 5.69 Å². The average Bonchev–Trinajstić information content (AvgIpc) is 3.24. The Kier molecular flexibility index (Phi) is 2.54. The molecule has 0 bridgehead atoms. The first-order chi connectivity index (χ1) is 10.2. The first-order valence-corrected chi connectivity index (χ1v) is 7.02. The summed E-state index contributed by atoms with van der Waals surface area (Å²) in [5, 5.41) is 13.4. The summed E-state index contributed by atoms with van der Waals surface area (Å²) in [4.78, 5) is 4.38. The van der Waals surface area contributed by atoms with Crippen molar-refractivity contribution in [3.63, 3.8) is 0 Å². The van der Waals surface area contributed by atoms with Gasteiger partial charge in [-0.25, -0.2) is 4.68 Å². The zero-order chi connectivity index (χ0) is 14.4. The van der Waals surface area contributed by atoms with E-state index in [9.17, 15) is 0 Å². The monoisotopic (exact) mass is 277 g/mol. The highest BCUT2D eigenvalue weighted by Gasteiger charge is 2.26. The van der Waals surface area contributed by atoms with Gasteiger partial charge in [-0.05, 0) is 25.0 Å². The standard InChI is InChI=1S/C16H15N5/c17-16(18)12-9-19-14-4-2-1-3-11(14)15(12)21-8-7-13(20-21)10-5-6-10/h1-4,7-10H,5-6H2,(H3,17,18). The van der Waals surface area contributed by atoms with Gasteiger partial charge in [0.05, 0.1) is 22.5 Å². The molecule has 1 aliphatic carbocycles. The van der Waals surface area contributed by atoms with Crippen molar-refractivity contribution in [1.82, 2.24) is 14.8 Å². The quantitative estimate of drug-likeness (QED) is 0.570. The molecule has 0 spiro atoms. The number of nitrogens with zero attached hydrogens (tertiary/aromatic N) is 3. The zero-order valence-corrected chi connectivity index (χ0v) is 11.5. The van der Waals surface area contributed by atoms with Crippen LogP contribution in [-0.4, -0.2) is 20.6 Å². The summed E-state index contributed by atoms with van der Waals surface area (Å²) in [6.07, 6.45) is 6.03. The number of para-hydroxylation sites is 1. The molecule has 0 aliphatic heterocycles. The van der Waals surface area contributed by atoms with Gasteiger partial charge < -0.3 is 5.73 Å². The molecular formula is C16H15N5. The number of fused-ring (bicyclic) bond motifs is 1. The molecule has 0 radical (unpaired) electrons. The lowest BCUT2D eigenvalue weighted by atomic mass is 10.1. The van der Waals surface area contributed by atoms with Gasteiger partial charge in [-0.15, -0.1) is 0 Å². The number of hydrogen-bond donors (Lipinski definition) is 2. The molecule has 2 aromatic heterocycles. The molecular weight excluding hydrogens is 262 g/mol. The maximum atomic E-state index is 7.80. The smallest absolute Gasteiger partial charge is 0.126 e. The number of rotatable bonds is 3. The van der Waals surface area contributed by atoms with Gasteiger partial charge in [-0.2, -0.15) is 5.10 Å². The van der Waals surface area contributed by atoms with Crippen LogP contribution in [0.1, 0.15) is 30.0 Å². The van der Waals surface area contributed by atoms with E-state index in [0.717, 1.165) is 22.3 Å². The van der Waals surface area contributed by atoms with Gasteiger partial charge in [0.15, 0.2) is 0 Å². The molecule has 1 saturated carbocycles. The van der Waals surface area contributed by atoms with E-state index < -0.39 is 0 Å². The van der Waals surface area contributed by atoms with Crippen molar-refractivity contribution in [2.45, 2.75) is 18.8 Å². The lowest BCUT2D eigenvalue weighted by Gasteiger charge is -2.11. The van der Waals surface area contributed by atoms with Gasteiger partial charge in [-0.3, -0.25) is 10.4 Å². The fourth-order valence-electron chi connectivity index (χ4n) is 2.63. The molecule has 0 atom stereocenters. The Balaban J connectivity index is 1.98. The van der Waals surface area contributed by atoms with Gasteiger partial charge in [0.2, 0.25) is 0 Å². The third kappa shape index (κ3) is 1.98. The summed E-state index contributed by atoms with van der Waals surface area (Å²) in [5.74, 6) is 0.604. The maximum absolute atomic E-state index is 7.80. The first kappa shape index (κ1) is 12.1. The highest BCUT2D eigenvalue weighted by atomic mass is 15.3. The molecule has 0 amide bonds. The van der Waals surface area contributed by atoms with Crippen molar-refractivity contribution < 1.29 is 0 Å². The van der Waals surface area contributed by atoms with Crippen molar-refractivity contribution in [2.75, 3.05) is 0 Å². The zero-order valence-electron chi connectivity index (χ0n) is 11.5. The molecule has 104 valence electrons. The highest BCUT2D eigenvalue weighted by Crippen LogP contribution is 2.39. The third-order valence-electron chi connectivity index (χ3n) is 3.87. The fraction of sp³-hybridized carbons (Fsp3) is 0.188. The Bertz CT molecular complexity index is 845. The van der Waals surface area contributed by atoms with Crippen LogP contribution in [-0.2, 0) is 0 Å². The Morgan fingerprint density at radius 1 is 1.24 bits per heavy atom. The molecule has 3 aromatic rings. The number of amidine groups is 1. The Morgan fingerprint density at radius 3 is 2.81 bits per heavy atom. The van der Waals surface area contributed by atoms with E-state index in [1.807, 2.05) is 35.1 Å². The van der Waals surface area contributed by atoms with Crippen LogP contribution in [0.15, 0.2) is 42.7 Å². The number of nitrogen functional groups attached to an aromatic ring is 1. The van der Waals surface area contributed by atoms with Gasteiger partial charge in [0.25, 0.3) is 0 Å². The summed E-state index contributed by atoms with van der Waals surface area (Å²) in [5.41, 5.74) is 9.16. The molecule has 1 aliphatic rings. The lowest BCUT2D eigenvalue weighted by Crippen LogP contribution is -2.16. The van der Waals surface area contributed by atoms with Crippen LogP contribution in [0, 0.1) is 5.41 Å². The number of nitrogens with one attached hydrogen (secondary N) is 1. The number of hydrogen-bond acceptors (Lipinski definition) is 3. The van der Waals surface area contributed by atoms with Crippen LogP contribution >= 0.6 is 0 Å². The van der Waals surface area contributed by atoms with E-state index in [-0.39, 0.29) is 5.84 Å². The van der Waals surface area contributed by atoms with Crippen LogP contribution in [0.4, 0.5) is 0 Å². The normalized spacial score (nSPS) is 14.5. The summed E-state index contributed by atoms with van der Waals surface area (Å²) in [7, 11) is 0. The molecule has 5 heteroatoms. The van der Waals surface area contributed by atoms with Crippen molar-refractivity contribution >= 4 is 16.7 Å². The van der Waals surface area contributed by atoms with Crippen molar-refractivity contribution in [3.05, 3.63) is 54.0 Å². The van der Waals surface area contributed by atoms with Crippen LogP contribution in [0.2, 0.25) is 0 Å². The third-order valence-corrected chi connectivity index (χ3v) is 3.87. The molecule has 5 nitrogen and oxygen atoms in total. The minimum absolute atomic E-state index is 0.00623. The second kappa shape index (κ2) is 4.41. The predicted molar refractivity (Wildman–Crippen MR) is 81.9 cm³/mol. The van der Waals surface area contributed by atoms with Crippen LogP contribution in [0.5, 0.6) is 0 Å². The van der Waals surface area contributed by atoms with Crippen LogP contribution < -0.4 is 5.73 Å². The molecule has 0 unspecified atom stereocenters. The fourth-order valence-corrected chi connectivity index (χ4v) is 2.63. The minimum Gasteiger partial charge on any atom is -0.384 e. The van der Waals surface area contributed by atoms with E-state index in [2.05, 4.69) is 16.1 Å². The van der Waals surface area contributed by atoms with Crippen molar-refractivity contribution in [2.24, 2.45) is 5.73 Å². The summed E-state index contributed by atoms with van der Waals surface area (Å²) in [6, 6.07) is 9.90. The summed E-state index contributed by atoms with van der Waals surface area (Å²) < 4.78 is 1.83. The molecule has 4 rings (SSSR count). The van der Waals surface area contributed by atoms with Crippen molar-refractivity contribution in [1.29, 1.82) is 5.41 Å². The Morgan fingerprint density at radius 2 is 2.05 bits per heavy atom. The van der Waals surface area contributed by atoms with E-state index >= 15 is 0 Å². The number of pyridine rings is 1. The maximum Gasteiger partial charge on any atom is 0.126 e. The summed E-state index contributed by atoms with van der Waals surface area (Å²) >= 11 is 0. The number of aromatic nitrogens is 3. The average molecular weight is 277 g/mol. The van der Waals surface area contributed by atoms with Gasteiger partial charge >= 0.3 is 0 Å². The molecule has 0 saturated heterocycles. The molecule has 1 fully saturated rings. The Labute approximate surface area is 121 Å². The first-order valence-electron chi connectivity index (χ1n) is 7.02. The van der Waals surface area contributed by atoms with Crippen LogP contribution in [0.3, 0.4) is 0 Å². The molecule has 3 N–H and O–H groups in total. The largest absolute Gasteiger partial charge is 0.384 e. The Hall–Kier alpha value is -2.69. The summed E-state index contributed by atoms with van der Waals surface area (Å²) in [6.45, 7) is 0. The van der Waals surface area contributed by atoms with E-state index in [4.69, 9.17) is 11.1 Å². The van der Waals surface area contributed by atoms with E-state index in [1.165, 1.54) is 12.8 Å². The topological polar surface area (TPSA) is 80.6 Å². The van der Waals surface area contributed by atoms with Crippen LogP contribution in [0.25, 0.3) is 16.6 Å². The second-order valence-electron chi connectivity index (χ2n) is 5.41. The number of nitrogens with two attached hydrogens (primary N) is 1. The second-order valence-corrected chi connectivity index (χ2v) is 5.41. The predicted octanol–water partition coefficient (Wildman–Crippen LogP) is 2.58. The lowest BCUT2D eigenvalue weighted by molar-refractivity contribution is 0.840. The molecule has 1 aromatic carbocycles. The molecule has 2 heterocycles. The minimum atomic E-state index is 0.00623. The SMILES string of the molecule is N=C(N)c1cnc2ccccc2c1-n1ccc(C2CC2)n1. The van der Waals surface area contributed by atoms with E-state index in [1.54, 1.807) is 6.20 Å². The van der Waals surface area contributed by atoms with Gasteiger partial charge in [-0.1, -0.05) is 18.2 Å². The number of benzene rings is 1.